The van der Waals surface area contributed by atoms with Crippen LogP contribution in [0.25, 0.3) is 0 Å². The average Bonchev–Trinajstić information content (AvgIpc) is 2.84. The lowest BCUT2D eigenvalue weighted by Crippen LogP contribution is -2.59. The fourth-order valence-electron chi connectivity index (χ4n) is 5.36. The van der Waals surface area contributed by atoms with E-state index in [0.717, 1.165) is 23.2 Å². The Morgan fingerprint density at radius 2 is 1.77 bits per heavy atom. The van der Waals surface area contributed by atoms with Gasteiger partial charge in [0.05, 0.1) is 11.1 Å². The molecule has 0 unspecified atom stereocenters. The molecule has 2 saturated heterocycles. The van der Waals surface area contributed by atoms with Gasteiger partial charge in [-0.1, -0.05) is 30.3 Å². The first kappa shape index (κ1) is 21.5. The molecule has 1 atom stereocenters. The van der Waals surface area contributed by atoms with Crippen LogP contribution in [0.5, 0.6) is 0 Å². The number of carbonyl (C=O) groups excluding carboxylic acids is 2. The Hall–Kier alpha value is -2.73. The quantitative estimate of drug-likeness (QED) is 0.824. The van der Waals surface area contributed by atoms with Crippen LogP contribution < -0.4 is 5.32 Å². The van der Waals surface area contributed by atoms with E-state index >= 15 is 0 Å². The average molecular weight is 422 g/mol. The van der Waals surface area contributed by atoms with E-state index in [1.807, 2.05) is 35.2 Å². The first-order valence-electron chi connectivity index (χ1n) is 11.1. The van der Waals surface area contributed by atoms with E-state index in [1.165, 1.54) is 0 Å². The van der Waals surface area contributed by atoms with Gasteiger partial charge in [0.2, 0.25) is 11.8 Å². The van der Waals surface area contributed by atoms with Crippen molar-refractivity contribution in [3.05, 3.63) is 65.5 Å². The Morgan fingerprint density at radius 1 is 1.03 bits per heavy atom. The summed E-state index contributed by atoms with van der Waals surface area (Å²) in [5, 5.41) is 2.83. The molecule has 3 heterocycles. The van der Waals surface area contributed by atoms with E-state index in [1.54, 1.807) is 13.2 Å². The van der Waals surface area contributed by atoms with Crippen molar-refractivity contribution in [2.24, 2.45) is 0 Å². The maximum Gasteiger partial charge on any atom is 0.233 e. The standard InChI is InChI=1S/C25H31N3O3/c1-19-8-3-4-9-20(19)24(12-16-31-17-13-24)23(30)28-15-7-11-25(18-28,22(29)26-2)21-10-5-6-14-27-21/h3-6,8-10,14H,7,11-13,15-18H2,1-2H3,(H,26,29)/t25-/m1/s1. The number of hydrogen-bond donors (Lipinski definition) is 1. The van der Waals surface area contributed by atoms with E-state index in [2.05, 4.69) is 29.4 Å². The molecule has 0 bridgehead atoms. The van der Waals surface area contributed by atoms with E-state index in [4.69, 9.17) is 4.74 Å². The molecule has 6 heteroatoms. The monoisotopic (exact) mass is 421 g/mol. The summed E-state index contributed by atoms with van der Waals surface area (Å²) in [7, 11) is 1.65. The van der Waals surface area contributed by atoms with Crippen molar-refractivity contribution < 1.29 is 14.3 Å². The number of aromatic nitrogens is 1. The lowest BCUT2D eigenvalue weighted by molar-refractivity contribution is -0.145. The number of nitrogens with one attached hydrogen (secondary N) is 1. The van der Waals surface area contributed by atoms with Crippen molar-refractivity contribution in [2.45, 2.75) is 43.4 Å². The third-order valence-corrected chi connectivity index (χ3v) is 7.01. The Labute approximate surface area is 184 Å². The molecule has 2 aromatic rings. The second kappa shape index (κ2) is 8.79. The molecule has 6 nitrogen and oxygen atoms in total. The number of benzene rings is 1. The lowest BCUT2D eigenvalue weighted by Gasteiger charge is -2.46. The zero-order chi connectivity index (χ0) is 21.9. The normalized spacial score (nSPS) is 23.2. The van der Waals surface area contributed by atoms with Gasteiger partial charge < -0.3 is 15.0 Å². The molecule has 1 aromatic carbocycles. The van der Waals surface area contributed by atoms with Gasteiger partial charge >= 0.3 is 0 Å². The topological polar surface area (TPSA) is 71.5 Å². The van der Waals surface area contributed by atoms with Gasteiger partial charge in [-0.25, -0.2) is 0 Å². The van der Waals surface area contributed by atoms with Gasteiger partial charge in [0, 0.05) is 39.5 Å². The van der Waals surface area contributed by atoms with Gasteiger partial charge in [-0.3, -0.25) is 14.6 Å². The number of hydrogen-bond acceptors (Lipinski definition) is 4. The third-order valence-electron chi connectivity index (χ3n) is 7.01. The van der Waals surface area contributed by atoms with Crippen molar-refractivity contribution in [2.75, 3.05) is 33.4 Å². The Kier molecular flexibility index (Phi) is 6.10. The molecule has 0 spiro atoms. The minimum Gasteiger partial charge on any atom is -0.381 e. The highest BCUT2D eigenvalue weighted by atomic mass is 16.5. The summed E-state index contributed by atoms with van der Waals surface area (Å²) < 4.78 is 5.64. The van der Waals surface area contributed by atoms with E-state index < -0.39 is 10.8 Å². The molecule has 2 fully saturated rings. The van der Waals surface area contributed by atoms with Crippen LogP contribution in [0.3, 0.4) is 0 Å². The van der Waals surface area contributed by atoms with Gasteiger partial charge in [0.25, 0.3) is 0 Å². The molecule has 2 aliphatic heterocycles. The Morgan fingerprint density at radius 3 is 2.45 bits per heavy atom. The van der Waals surface area contributed by atoms with Crippen molar-refractivity contribution in [3.63, 3.8) is 0 Å². The molecule has 164 valence electrons. The summed E-state index contributed by atoms with van der Waals surface area (Å²) in [6.07, 6.45) is 4.46. The fourth-order valence-corrected chi connectivity index (χ4v) is 5.36. The molecule has 2 amide bonds. The summed E-state index contributed by atoms with van der Waals surface area (Å²) in [5.41, 5.74) is 1.49. The lowest BCUT2D eigenvalue weighted by atomic mass is 9.70. The third kappa shape index (κ3) is 3.74. The summed E-state index contributed by atoms with van der Waals surface area (Å²) in [5.74, 6) is 0.0228. The molecule has 0 radical (unpaired) electrons. The molecule has 4 rings (SSSR count). The molecular formula is C25H31N3O3. The molecule has 1 N–H and O–H groups in total. The highest BCUT2D eigenvalue weighted by Crippen LogP contribution is 2.41. The number of carbonyl (C=O) groups is 2. The second-order valence-corrected chi connectivity index (χ2v) is 8.72. The van der Waals surface area contributed by atoms with E-state index in [-0.39, 0.29) is 11.8 Å². The summed E-state index contributed by atoms with van der Waals surface area (Å²) in [6.45, 7) is 4.19. The summed E-state index contributed by atoms with van der Waals surface area (Å²) in [6, 6.07) is 13.8. The van der Waals surface area contributed by atoms with Crippen LogP contribution in [0.2, 0.25) is 0 Å². The zero-order valence-electron chi connectivity index (χ0n) is 18.4. The number of likely N-dealkylation sites (N-methyl/N-ethyl adjacent to an activating group) is 1. The van der Waals surface area contributed by atoms with Gasteiger partial charge in [-0.05, 0) is 55.9 Å². The molecule has 2 aliphatic rings. The Balaban J connectivity index is 1.73. The number of ether oxygens (including phenoxy) is 1. The van der Waals surface area contributed by atoms with Crippen LogP contribution in [0, 0.1) is 6.92 Å². The molecular weight excluding hydrogens is 390 g/mol. The molecule has 0 saturated carbocycles. The highest BCUT2D eigenvalue weighted by Gasteiger charge is 2.50. The van der Waals surface area contributed by atoms with Gasteiger partial charge in [-0.15, -0.1) is 0 Å². The number of pyridine rings is 1. The van der Waals surface area contributed by atoms with Crippen LogP contribution in [-0.2, 0) is 25.2 Å². The van der Waals surface area contributed by atoms with Gasteiger partial charge in [-0.2, -0.15) is 0 Å². The van der Waals surface area contributed by atoms with Crippen molar-refractivity contribution in [3.8, 4) is 0 Å². The summed E-state index contributed by atoms with van der Waals surface area (Å²) >= 11 is 0. The number of amides is 2. The largest absolute Gasteiger partial charge is 0.381 e. The second-order valence-electron chi connectivity index (χ2n) is 8.72. The number of nitrogens with zero attached hydrogens (tertiary/aromatic N) is 2. The smallest absolute Gasteiger partial charge is 0.233 e. The maximum atomic E-state index is 14.2. The van der Waals surface area contributed by atoms with Crippen molar-refractivity contribution in [1.29, 1.82) is 0 Å². The molecule has 1 aromatic heterocycles. The maximum absolute atomic E-state index is 14.2. The first-order valence-corrected chi connectivity index (χ1v) is 11.1. The minimum atomic E-state index is -0.831. The van der Waals surface area contributed by atoms with Crippen LogP contribution in [-0.4, -0.2) is 55.0 Å². The highest BCUT2D eigenvalue weighted by molar-refractivity contribution is 5.92. The fraction of sp³-hybridized carbons (Fsp3) is 0.480. The Bertz CT molecular complexity index is 940. The van der Waals surface area contributed by atoms with Crippen LogP contribution in [0.1, 0.15) is 42.5 Å². The molecule has 31 heavy (non-hydrogen) atoms. The number of piperidine rings is 1. The van der Waals surface area contributed by atoms with Crippen molar-refractivity contribution in [1.82, 2.24) is 15.2 Å². The number of rotatable bonds is 4. The van der Waals surface area contributed by atoms with E-state index in [0.29, 0.717) is 45.6 Å². The predicted octanol–water partition coefficient (Wildman–Crippen LogP) is 2.74. The first-order chi connectivity index (χ1) is 15.0. The number of aryl methyl sites for hydroxylation is 1. The van der Waals surface area contributed by atoms with Crippen LogP contribution >= 0.6 is 0 Å². The van der Waals surface area contributed by atoms with E-state index in [9.17, 15) is 9.59 Å². The number of likely N-dealkylation sites (tertiary alicyclic amines) is 1. The SMILES string of the molecule is CNC(=O)[C@]1(c2ccccn2)CCCN(C(=O)C2(c3ccccc3C)CCOCC2)C1. The van der Waals surface area contributed by atoms with Gasteiger partial charge in [0.1, 0.15) is 5.41 Å². The summed E-state index contributed by atoms with van der Waals surface area (Å²) in [4.78, 5) is 33.7. The predicted molar refractivity (Wildman–Crippen MR) is 119 cm³/mol. The van der Waals surface area contributed by atoms with Crippen molar-refractivity contribution >= 4 is 11.8 Å². The van der Waals surface area contributed by atoms with Gasteiger partial charge in [0.15, 0.2) is 0 Å². The van der Waals surface area contributed by atoms with Crippen LogP contribution in [0.15, 0.2) is 48.7 Å². The minimum absolute atomic E-state index is 0.0828. The zero-order valence-corrected chi connectivity index (χ0v) is 18.4. The van der Waals surface area contributed by atoms with Crippen LogP contribution in [0.4, 0.5) is 0 Å². The molecule has 0 aliphatic carbocycles.